The van der Waals surface area contributed by atoms with E-state index in [-0.39, 0.29) is 17.6 Å². The monoisotopic (exact) mass is 427 g/mol. The third-order valence-electron chi connectivity index (χ3n) is 5.24. The molecule has 1 aromatic carbocycles. The first-order chi connectivity index (χ1) is 14.1. The summed E-state index contributed by atoms with van der Waals surface area (Å²) in [6.07, 6.45) is 2.10. The number of amides is 1. The maximum Gasteiger partial charge on any atom is 0.254 e. The zero-order valence-corrected chi connectivity index (χ0v) is 17.7. The van der Waals surface area contributed by atoms with Gasteiger partial charge < -0.3 is 14.2 Å². The van der Waals surface area contributed by atoms with Crippen LogP contribution in [0.1, 0.15) is 24.6 Å². The summed E-state index contributed by atoms with van der Waals surface area (Å²) < 4.78 is 9.83. The van der Waals surface area contributed by atoms with Crippen molar-refractivity contribution in [1.82, 2.24) is 14.5 Å². The molecule has 0 radical (unpaired) electrons. The number of carbonyl (C=O) groups is 1. The van der Waals surface area contributed by atoms with Crippen LogP contribution in [0.3, 0.4) is 0 Å². The summed E-state index contributed by atoms with van der Waals surface area (Å²) in [5, 5.41) is 0. The van der Waals surface area contributed by atoms with Crippen LogP contribution in [0.2, 0.25) is 0 Å². The second kappa shape index (κ2) is 7.50. The number of thiazole rings is 1. The number of thioether (sulfide) groups is 1. The Morgan fingerprint density at radius 2 is 2.07 bits per heavy atom. The van der Waals surface area contributed by atoms with Gasteiger partial charge in [0.05, 0.1) is 29.1 Å². The van der Waals surface area contributed by atoms with Crippen LogP contribution in [0.5, 0.6) is 5.75 Å². The molecule has 2 fully saturated rings. The van der Waals surface area contributed by atoms with Gasteiger partial charge in [-0.25, -0.2) is 4.98 Å². The van der Waals surface area contributed by atoms with E-state index >= 15 is 0 Å². The van der Waals surface area contributed by atoms with Crippen molar-refractivity contribution in [2.45, 2.75) is 36.3 Å². The second-order valence-corrected chi connectivity index (χ2v) is 9.80. The Balaban J connectivity index is 1.13. The van der Waals surface area contributed by atoms with Gasteiger partial charge in [-0.3, -0.25) is 9.59 Å². The lowest BCUT2D eigenvalue weighted by atomic mass is 10.1. The van der Waals surface area contributed by atoms with Gasteiger partial charge >= 0.3 is 0 Å². The number of nitrogens with zero attached hydrogens (tertiary/aromatic N) is 3. The zero-order chi connectivity index (χ0) is 20.0. The number of fused-ring (bicyclic) bond motifs is 1. The Hall–Kier alpha value is -2.32. The fourth-order valence-electron chi connectivity index (χ4n) is 3.59. The minimum atomic E-state index is -0.0537. The molecule has 0 unspecified atom stereocenters. The summed E-state index contributed by atoms with van der Waals surface area (Å²) in [4.78, 5) is 31.1. The number of carbonyl (C=O) groups excluding carboxylic acids is 1. The van der Waals surface area contributed by atoms with Gasteiger partial charge in [-0.15, -0.1) is 11.3 Å². The van der Waals surface area contributed by atoms with Gasteiger partial charge in [0.2, 0.25) is 5.91 Å². The van der Waals surface area contributed by atoms with Gasteiger partial charge in [0.15, 0.2) is 4.34 Å². The number of hydrogen-bond donors (Lipinski definition) is 0. The van der Waals surface area contributed by atoms with Crippen LogP contribution >= 0.6 is 23.1 Å². The van der Waals surface area contributed by atoms with Crippen molar-refractivity contribution >= 4 is 39.2 Å². The van der Waals surface area contributed by atoms with Crippen molar-refractivity contribution in [3.63, 3.8) is 0 Å². The molecule has 1 aliphatic heterocycles. The molecule has 0 atom stereocenters. The minimum Gasteiger partial charge on any atom is -0.486 e. The standard InChI is InChI=1S/C21H21N3O3S2/c1-13-8-15(9-19(25)24(13)14-6-7-14)27-16-10-23(11-16)20(26)12-28-21-22-17-4-2-3-5-18(17)29-21/h2-5,8-9,14,16H,6-7,10-12H2,1H3. The van der Waals surface area contributed by atoms with Crippen LogP contribution < -0.4 is 10.3 Å². The Morgan fingerprint density at radius 1 is 1.28 bits per heavy atom. The van der Waals surface area contributed by atoms with E-state index in [0.29, 0.717) is 30.6 Å². The van der Waals surface area contributed by atoms with Crippen LogP contribution in [0.4, 0.5) is 0 Å². The van der Waals surface area contributed by atoms with E-state index in [1.54, 1.807) is 22.3 Å². The predicted octanol–water partition coefficient (Wildman–Crippen LogP) is 3.48. The molecule has 8 heteroatoms. The lowest BCUT2D eigenvalue weighted by molar-refractivity contribution is -0.137. The van der Waals surface area contributed by atoms with E-state index in [1.807, 2.05) is 41.8 Å². The van der Waals surface area contributed by atoms with Gasteiger partial charge in [-0.2, -0.15) is 0 Å². The maximum absolute atomic E-state index is 12.4. The van der Waals surface area contributed by atoms with Crippen LogP contribution in [0.15, 0.2) is 45.5 Å². The van der Waals surface area contributed by atoms with Crippen molar-refractivity contribution in [3.05, 3.63) is 52.4 Å². The zero-order valence-electron chi connectivity index (χ0n) is 16.0. The Kier molecular flexibility index (Phi) is 4.83. The van der Waals surface area contributed by atoms with Crippen LogP contribution in [-0.4, -0.2) is 45.3 Å². The third kappa shape index (κ3) is 3.91. The molecule has 3 aromatic rings. The Labute approximate surface area is 176 Å². The van der Waals surface area contributed by atoms with E-state index in [4.69, 9.17) is 4.74 Å². The average molecular weight is 428 g/mol. The number of pyridine rings is 1. The largest absolute Gasteiger partial charge is 0.486 e. The van der Waals surface area contributed by atoms with E-state index in [2.05, 4.69) is 4.98 Å². The van der Waals surface area contributed by atoms with E-state index in [0.717, 1.165) is 33.1 Å². The number of rotatable bonds is 6. The Bertz CT molecular complexity index is 1100. The van der Waals surface area contributed by atoms with Gasteiger partial charge in [-0.1, -0.05) is 23.9 Å². The fraction of sp³-hybridized carbons (Fsp3) is 0.381. The number of aryl methyl sites for hydroxylation is 1. The van der Waals surface area contributed by atoms with E-state index in [9.17, 15) is 9.59 Å². The summed E-state index contributed by atoms with van der Waals surface area (Å²) in [6, 6.07) is 11.8. The molecule has 0 bridgehead atoms. The van der Waals surface area contributed by atoms with Crippen molar-refractivity contribution in [3.8, 4) is 5.75 Å². The number of hydrogen-bond acceptors (Lipinski definition) is 6. The molecule has 29 heavy (non-hydrogen) atoms. The summed E-state index contributed by atoms with van der Waals surface area (Å²) in [7, 11) is 0. The summed E-state index contributed by atoms with van der Waals surface area (Å²) in [5.41, 5.74) is 1.92. The fourth-order valence-corrected chi connectivity index (χ4v) is 5.56. The predicted molar refractivity (Wildman–Crippen MR) is 115 cm³/mol. The lowest BCUT2D eigenvalue weighted by Gasteiger charge is -2.39. The average Bonchev–Trinajstić information content (AvgIpc) is 3.39. The van der Waals surface area contributed by atoms with Crippen LogP contribution in [0.25, 0.3) is 10.2 Å². The maximum atomic E-state index is 12.4. The van der Waals surface area contributed by atoms with Crippen molar-refractivity contribution in [1.29, 1.82) is 0 Å². The molecular weight excluding hydrogens is 406 g/mol. The molecule has 1 saturated carbocycles. The first-order valence-corrected chi connectivity index (χ1v) is 11.5. The number of likely N-dealkylation sites (tertiary alicyclic amines) is 1. The molecule has 5 rings (SSSR count). The number of benzene rings is 1. The van der Waals surface area contributed by atoms with Crippen molar-refractivity contribution in [2.24, 2.45) is 0 Å². The van der Waals surface area contributed by atoms with Crippen molar-refractivity contribution in [2.75, 3.05) is 18.8 Å². The Morgan fingerprint density at radius 3 is 2.79 bits per heavy atom. The molecule has 6 nitrogen and oxygen atoms in total. The highest BCUT2D eigenvalue weighted by Gasteiger charge is 2.33. The molecule has 2 aliphatic rings. The highest BCUT2D eigenvalue weighted by Crippen LogP contribution is 2.35. The van der Waals surface area contributed by atoms with Gasteiger partial charge in [0, 0.05) is 17.8 Å². The van der Waals surface area contributed by atoms with Crippen LogP contribution in [0, 0.1) is 6.92 Å². The van der Waals surface area contributed by atoms with E-state index in [1.165, 1.54) is 11.8 Å². The highest BCUT2D eigenvalue weighted by atomic mass is 32.2. The third-order valence-corrected chi connectivity index (χ3v) is 7.41. The number of para-hydroxylation sites is 1. The molecule has 2 aromatic heterocycles. The molecule has 1 saturated heterocycles. The van der Waals surface area contributed by atoms with Crippen molar-refractivity contribution < 1.29 is 9.53 Å². The number of aromatic nitrogens is 2. The van der Waals surface area contributed by atoms with Crippen LogP contribution in [-0.2, 0) is 4.79 Å². The molecule has 150 valence electrons. The molecule has 1 aliphatic carbocycles. The molecule has 0 spiro atoms. The molecule has 0 N–H and O–H groups in total. The quantitative estimate of drug-likeness (QED) is 0.564. The first kappa shape index (κ1) is 18.7. The topological polar surface area (TPSA) is 64.4 Å². The summed E-state index contributed by atoms with van der Waals surface area (Å²) in [6.45, 7) is 3.07. The highest BCUT2D eigenvalue weighted by molar-refractivity contribution is 8.01. The van der Waals surface area contributed by atoms with Gasteiger partial charge in [0.1, 0.15) is 11.9 Å². The summed E-state index contributed by atoms with van der Waals surface area (Å²) >= 11 is 3.10. The van der Waals surface area contributed by atoms with Gasteiger partial charge in [0.25, 0.3) is 5.56 Å². The normalized spacial score (nSPS) is 16.8. The lowest BCUT2D eigenvalue weighted by Crippen LogP contribution is -2.56. The molecule has 1 amide bonds. The molecule has 3 heterocycles. The number of ether oxygens (including phenoxy) is 1. The molecular formula is C21H21N3O3S2. The smallest absolute Gasteiger partial charge is 0.254 e. The summed E-state index contributed by atoms with van der Waals surface area (Å²) in [5.74, 6) is 1.07. The first-order valence-electron chi connectivity index (χ1n) is 9.73. The van der Waals surface area contributed by atoms with E-state index < -0.39 is 0 Å². The van der Waals surface area contributed by atoms with Gasteiger partial charge in [-0.05, 0) is 38.0 Å². The second-order valence-electron chi connectivity index (χ2n) is 7.55. The minimum absolute atomic E-state index is 0.00184. The SMILES string of the molecule is Cc1cc(OC2CN(C(=O)CSc3nc4ccccc4s3)C2)cc(=O)n1C1CC1.